The Morgan fingerprint density at radius 3 is 3.13 bits per heavy atom. The quantitative estimate of drug-likeness (QED) is 0.798. The van der Waals surface area contributed by atoms with Gasteiger partial charge in [-0.2, -0.15) is 5.10 Å². The van der Waals surface area contributed by atoms with Crippen molar-refractivity contribution < 1.29 is 4.74 Å². The summed E-state index contributed by atoms with van der Waals surface area (Å²) < 4.78 is 7.42. The molecule has 1 fully saturated rings. The van der Waals surface area contributed by atoms with E-state index in [2.05, 4.69) is 23.5 Å². The highest BCUT2D eigenvalue weighted by atomic mass is 16.5. The molecule has 0 aliphatic carbocycles. The normalized spacial score (nSPS) is 23.2. The van der Waals surface area contributed by atoms with Crippen molar-refractivity contribution in [1.29, 1.82) is 0 Å². The predicted octanol–water partition coefficient (Wildman–Crippen LogP) is 0.816. The molecule has 0 bridgehead atoms. The van der Waals surface area contributed by atoms with Gasteiger partial charge in [-0.15, -0.1) is 0 Å². The molecule has 1 aromatic heterocycles. The summed E-state index contributed by atoms with van der Waals surface area (Å²) in [4.78, 5) is 0. The molecule has 0 radical (unpaired) electrons. The molecule has 1 aliphatic heterocycles. The second-order valence-corrected chi connectivity index (χ2v) is 4.26. The smallest absolute Gasteiger partial charge is 0.0566 e. The maximum Gasteiger partial charge on any atom is 0.0566 e. The lowest BCUT2D eigenvalue weighted by Gasteiger charge is -2.21. The SMILES string of the molecule is CNC(Cn1cc(C)cn1)C1CCOC1. The number of ether oxygens (including phenoxy) is 1. The fraction of sp³-hybridized carbons (Fsp3) is 0.727. The van der Waals surface area contributed by atoms with Crippen molar-refractivity contribution in [3.8, 4) is 0 Å². The van der Waals surface area contributed by atoms with E-state index in [1.807, 2.05) is 17.9 Å². The van der Waals surface area contributed by atoms with Crippen LogP contribution in [0, 0.1) is 12.8 Å². The van der Waals surface area contributed by atoms with Crippen LogP contribution >= 0.6 is 0 Å². The minimum atomic E-state index is 0.465. The van der Waals surface area contributed by atoms with Gasteiger partial charge in [0.05, 0.1) is 19.3 Å². The molecule has 0 spiro atoms. The number of likely N-dealkylation sites (N-methyl/N-ethyl adjacent to an activating group) is 1. The van der Waals surface area contributed by atoms with Gasteiger partial charge in [0.2, 0.25) is 0 Å². The molecule has 1 saturated heterocycles. The van der Waals surface area contributed by atoms with Crippen LogP contribution in [-0.4, -0.2) is 36.1 Å². The number of nitrogens with one attached hydrogen (secondary N) is 1. The van der Waals surface area contributed by atoms with Crippen LogP contribution in [0.1, 0.15) is 12.0 Å². The third kappa shape index (κ3) is 2.58. The van der Waals surface area contributed by atoms with Crippen molar-refractivity contribution in [3.63, 3.8) is 0 Å². The highest BCUT2D eigenvalue weighted by molar-refractivity contribution is 4.99. The molecular weight excluding hydrogens is 190 g/mol. The lowest BCUT2D eigenvalue weighted by atomic mass is 9.99. The Balaban J connectivity index is 1.95. The summed E-state index contributed by atoms with van der Waals surface area (Å²) in [6.45, 7) is 4.78. The highest BCUT2D eigenvalue weighted by Gasteiger charge is 2.24. The molecule has 84 valence electrons. The minimum Gasteiger partial charge on any atom is -0.381 e. The van der Waals surface area contributed by atoms with Crippen molar-refractivity contribution in [1.82, 2.24) is 15.1 Å². The van der Waals surface area contributed by atoms with E-state index >= 15 is 0 Å². The zero-order valence-corrected chi connectivity index (χ0v) is 9.44. The van der Waals surface area contributed by atoms with E-state index < -0.39 is 0 Å². The lowest BCUT2D eigenvalue weighted by molar-refractivity contribution is 0.174. The number of aromatic nitrogens is 2. The monoisotopic (exact) mass is 209 g/mol. The third-order valence-electron chi connectivity index (χ3n) is 3.05. The summed E-state index contributed by atoms with van der Waals surface area (Å²) in [5.74, 6) is 0.625. The molecule has 1 aromatic rings. The van der Waals surface area contributed by atoms with Crippen LogP contribution in [0.2, 0.25) is 0 Å². The first kappa shape index (κ1) is 10.6. The standard InChI is InChI=1S/C11H19N3O/c1-9-5-13-14(6-9)7-11(12-2)10-3-4-15-8-10/h5-6,10-12H,3-4,7-8H2,1-2H3. The third-order valence-corrected chi connectivity index (χ3v) is 3.05. The predicted molar refractivity (Wildman–Crippen MR) is 58.7 cm³/mol. The van der Waals surface area contributed by atoms with Crippen LogP contribution in [0.5, 0.6) is 0 Å². The van der Waals surface area contributed by atoms with E-state index in [-0.39, 0.29) is 0 Å². The molecule has 0 saturated carbocycles. The van der Waals surface area contributed by atoms with Gasteiger partial charge < -0.3 is 10.1 Å². The van der Waals surface area contributed by atoms with Crippen molar-refractivity contribution in [2.75, 3.05) is 20.3 Å². The molecule has 0 aromatic carbocycles. The number of nitrogens with zero attached hydrogens (tertiary/aromatic N) is 2. The first-order valence-electron chi connectivity index (χ1n) is 5.53. The second-order valence-electron chi connectivity index (χ2n) is 4.26. The average Bonchev–Trinajstić information content (AvgIpc) is 2.85. The van der Waals surface area contributed by atoms with Gasteiger partial charge in [-0.1, -0.05) is 0 Å². The van der Waals surface area contributed by atoms with Gasteiger partial charge in [0.15, 0.2) is 0 Å². The van der Waals surface area contributed by atoms with E-state index in [1.54, 1.807) is 0 Å². The molecular formula is C11H19N3O. The number of hydrogen-bond acceptors (Lipinski definition) is 3. The first-order chi connectivity index (χ1) is 7.29. The molecule has 1 aliphatic rings. The first-order valence-corrected chi connectivity index (χ1v) is 5.53. The Morgan fingerprint density at radius 1 is 1.73 bits per heavy atom. The zero-order valence-electron chi connectivity index (χ0n) is 9.44. The Kier molecular flexibility index (Phi) is 3.38. The number of aryl methyl sites for hydroxylation is 1. The number of rotatable bonds is 4. The average molecular weight is 209 g/mol. The number of hydrogen-bond donors (Lipinski definition) is 1. The Labute approximate surface area is 90.6 Å². The summed E-state index contributed by atoms with van der Waals surface area (Å²) in [6.07, 6.45) is 5.14. The Morgan fingerprint density at radius 2 is 2.60 bits per heavy atom. The fourth-order valence-corrected chi connectivity index (χ4v) is 2.11. The van der Waals surface area contributed by atoms with Gasteiger partial charge in [-0.25, -0.2) is 0 Å². The van der Waals surface area contributed by atoms with Crippen LogP contribution in [0.4, 0.5) is 0 Å². The van der Waals surface area contributed by atoms with Crippen LogP contribution in [-0.2, 0) is 11.3 Å². The van der Waals surface area contributed by atoms with Gasteiger partial charge in [-0.05, 0) is 26.0 Å². The molecule has 2 atom stereocenters. The van der Waals surface area contributed by atoms with Gasteiger partial charge >= 0.3 is 0 Å². The molecule has 4 heteroatoms. The maximum atomic E-state index is 5.41. The summed E-state index contributed by atoms with van der Waals surface area (Å²) in [5, 5.41) is 7.67. The van der Waals surface area contributed by atoms with E-state index in [9.17, 15) is 0 Å². The Hall–Kier alpha value is -0.870. The Bertz CT molecular complexity index is 305. The summed E-state index contributed by atoms with van der Waals surface area (Å²) in [7, 11) is 2.01. The maximum absolute atomic E-state index is 5.41. The van der Waals surface area contributed by atoms with Crippen LogP contribution in [0.3, 0.4) is 0 Å². The molecule has 2 rings (SSSR count). The molecule has 15 heavy (non-hydrogen) atoms. The molecule has 4 nitrogen and oxygen atoms in total. The molecule has 0 amide bonds. The van der Waals surface area contributed by atoms with Crippen LogP contribution in [0.15, 0.2) is 12.4 Å². The van der Waals surface area contributed by atoms with Crippen LogP contribution < -0.4 is 5.32 Å². The van der Waals surface area contributed by atoms with Gasteiger partial charge in [-0.3, -0.25) is 4.68 Å². The van der Waals surface area contributed by atoms with E-state index in [0.717, 1.165) is 26.2 Å². The fourth-order valence-electron chi connectivity index (χ4n) is 2.11. The summed E-state index contributed by atoms with van der Waals surface area (Å²) in [5.41, 5.74) is 1.22. The molecule has 2 unspecified atom stereocenters. The van der Waals surface area contributed by atoms with Crippen molar-refractivity contribution >= 4 is 0 Å². The van der Waals surface area contributed by atoms with Crippen molar-refractivity contribution in [3.05, 3.63) is 18.0 Å². The van der Waals surface area contributed by atoms with Crippen molar-refractivity contribution in [2.24, 2.45) is 5.92 Å². The minimum absolute atomic E-state index is 0.465. The van der Waals surface area contributed by atoms with E-state index in [0.29, 0.717) is 12.0 Å². The van der Waals surface area contributed by atoms with Crippen LogP contribution in [0.25, 0.3) is 0 Å². The topological polar surface area (TPSA) is 39.1 Å². The summed E-state index contributed by atoms with van der Waals surface area (Å²) in [6, 6.07) is 0.465. The molecule has 2 heterocycles. The van der Waals surface area contributed by atoms with E-state index in [1.165, 1.54) is 5.56 Å². The second kappa shape index (κ2) is 4.77. The van der Waals surface area contributed by atoms with Gasteiger partial charge in [0.25, 0.3) is 0 Å². The summed E-state index contributed by atoms with van der Waals surface area (Å²) >= 11 is 0. The zero-order chi connectivity index (χ0) is 10.7. The lowest BCUT2D eigenvalue weighted by Crippen LogP contribution is -2.37. The molecule has 1 N–H and O–H groups in total. The van der Waals surface area contributed by atoms with Gasteiger partial charge in [0.1, 0.15) is 0 Å². The van der Waals surface area contributed by atoms with E-state index in [4.69, 9.17) is 4.74 Å². The largest absolute Gasteiger partial charge is 0.381 e. The van der Waals surface area contributed by atoms with Gasteiger partial charge in [0, 0.05) is 24.8 Å². The highest BCUT2D eigenvalue weighted by Crippen LogP contribution is 2.17. The van der Waals surface area contributed by atoms with Crippen molar-refractivity contribution in [2.45, 2.75) is 25.9 Å².